The van der Waals surface area contributed by atoms with Crippen LogP contribution in [0.1, 0.15) is 25.7 Å². The topological polar surface area (TPSA) is 71.2 Å². The maximum atomic E-state index is 4.75. The van der Waals surface area contributed by atoms with Gasteiger partial charge >= 0.3 is 0 Å². The molecule has 4 aromatic rings. The van der Waals surface area contributed by atoms with Crippen molar-refractivity contribution < 1.29 is 0 Å². The first-order valence-corrected chi connectivity index (χ1v) is 10.2. The lowest BCUT2D eigenvalue weighted by atomic mass is 9.91. The Bertz CT molecular complexity index is 1140. The van der Waals surface area contributed by atoms with Gasteiger partial charge in [0, 0.05) is 30.0 Å². The summed E-state index contributed by atoms with van der Waals surface area (Å²) in [6.07, 6.45) is 10.4. The number of pyridine rings is 2. The van der Waals surface area contributed by atoms with Gasteiger partial charge < -0.3 is 10.2 Å². The Kier molecular flexibility index (Phi) is 4.60. The number of nitrogens with zero attached hydrogens (tertiary/aromatic N) is 6. The SMILES string of the molecule is CN(C)[C@H]1CC[C@@H](Nc2ncc3c(-c4ccc5ncccc5n4)ccn3n2)CC1. The summed E-state index contributed by atoms with van der Waals surface area (Å²) in [5.41, 5.74) is 4.65. The molecule has 1 saturated carbocycles. The lowest BCUT2D eigenvalue weighted by Gasteiger charge is -2.32. The predicted molar refractivity (Wildman–Crippen MR) is 115 cm³/mol. The maximum Gasteiger partial charge on any atom is 0.241 e. The molecule has 0 spiro atoms. The van der Waals surface area contributed by atoms with E-state index in [9.17, 15) is 0 Å². The van der Waals surface area contributed by atoms with Crippen molar-refractivity contribution in [1.82, 2.24) is 29.5 Å². The molecule has 4 heterocycles. The van der Waals surface area contributed by atoms with E-state index in [1.54, 1.807) is 6.20 Å². The monoisotopic (exact) mass is 387 g/mol. The molecule has 0 saturated heterocycles. The fourth-order valence-corrected chi connectivity index (χ4v) is 4.21. The molecule has 0 aromatic carbocycles. The summed E-state index contributed by atoms with van der Waals surface area (Å²) in [6, 6.07) is 11.1. The first kappa shape index (κ1) is 18.0. The van der Waals surface area contributed by atoms with Gasteiger partial charge in [-0.25, -0.2) is 14.5 Å². The number of hydrogen-bond donors (Lipinski definition) is 1. The number of nitrogens with one attached hydrogen (secondary N) is 1. The summed E-state index contributed by atoms with van der Waals surface area (Å²) in [6.45, 7) is 0. The van der Waals surface area contributed by atoms with E-state index < -0.39 is 0 Å². The second kappa shape index (κ2) is 7.40. The normalized spacial score (nSPS) is 19.8. The van der Waals surface area contributed by atoms with Crippen LogP contribution < -0.4 is 5.32 Å². The zero-order valence-corrected chi connectivity index (χ0v) is 16.8. The highest BCUT2D eigenvalue weighted by molar-refractivity contribution is 5.83. The molecule has 0 aliphatic heterocycles. The predicted octanol–water partition coefficient (Wildman–Crippen LogP) is 3.62. The molecule has 0 unspecified atom stereocenters. The number of anilines is 1. The summed E-state index contributed by atoms with van der Waals surface area (Å²) in [7, 11) is 4.33. The average molecular weight is 387 g/mol. The van der Waals surface area contributed by atoms with Crippen molar-refractivity contribution in [1.29, 1.82) is 0 Å². The zero-order chi connectivity index (χ0) is 19.8. The molecular formula is C22H25N7. The minimum Gasteiger partial charge on any atom is -0.350 e. The van der Waals surface area contributed by atoms with Crippen LogP contribution in [0.4, 0.5) is 5.95 Å². The van der Waals surface area contributed by atoms with Crippen molar-refractivity contribution >= 4 is 22.5 Å². The third-order valence-electron chi connectivity index (χ3n) is 5.91. The van der Waals surface area contributed by atoms with Crippen LogP contribution in [0.5, 0.6) is 0 Å². The summed E-state index contributed by atoms with van der Waals surface area (Å²) < 4.78 is 1.88. The van der Waals surface area contributed by atoms with E-state index in [4.69, 9.17) is 4.98 Å². The van der Waals surface area contributed by atoms with Gasteiger partial charge in [-0.15, -0.1) is 5.10 Å². The largest absolute Gasteiger partial charge is 0.350 e. The van der Waals surface area contributed by atoms with Crippen LogP contribution in [-0.4, -0.2) is 55.6 Å². The third kappa shape index (κ3) is 3.53. The smallest absolute Gasteiger partial charge is 0.241 e. The highest BCUT2D eigenvalue weighted by atomic mass is 15.3. The van der Waals surface area contributed by atoms with E-state index in [0.717, 1.165) is 40.6 Å². The van der Waals surface area contributed by atoms with E-state index >= 15 is 0 Å². The van der Waals surface area contributed by atoms with Gasteiger partial charge in [0.15, 0.2) is 0 Å². The molecule has 29 heavy (non-hydrogen) atoms. The molecule has 7 heteroatoms. The van der Waals surface area contributed by atoms with Crippen molar-refractivity contribution in [3.8, 4) is 11.3 Å². The van der Waals surface area contributed by atoms with Gasteiger partial charge in [0.25, 0.3) is 0 Å². The number of rotatable bonds is 4. The van der Waals surface area contributed by atoms with Crippen molar-refractivity contribution in [3.05, 3.63) is 48.9 Å². The minimum absolute atomic E-state index is 0.438. The summed E-state index contributed by atoms with van der Waals surface area (Å²) in [4.78, 5) is 16.0. The van der Waals surface area contributed by atoms with Crippen LogP contribution in [-0.2, 0) is 0 Å². The van der Waals surface area contributed by atoms with Crippen LogP contribution in [0.15, 0.2) is 48.9 Å². The highest BCUT2D eigenvalue weighted by Gasteiger charge is 2.23. The molecule has 4 aromatic heterocycles. The average Bonchev–Trinajstić information content (AvgIpc) is 3.17. The molecule has 7 nitrogen and oxygen atoms in total. The van der Waals surface area contributed by atoms with Crippen LogP contribution in [0.3, 0.4) is 0 Å². The van der Waals surface area contributed by atoms with Crippen molar-refractivity contribution in [2.75, 3.05) is 19.4 Å². The van der Waals surface area contributed by atoms with E-state index in [1.807, 2.05) is 47.2 Å². The Balaban J connectivity index is 1.37. The number of hydrogen-bond acceptors (Lipinski definition) is 6. The fraction of sp³-hybridized carbons (Fsp3) is 0.364. The molecule has 0 bridgehead atoms. The second-order valence-corrected chi connectivity index (χ2v) is 7.99. The molecule has 0 amide bonds. The van der Waals surface area contributed by atoms with Gasteiger partial charge in [-0.2, -0.15) is 0 Å². The molecule has 1 fully saturated rings. The maximum absolute atomic E-state index is 4.75. The van der Waals surface area contributed by atoms with Gasteiger partial charge in [-0.1, -0.05) is 0 Å². The summed E-state index contributed by atoms with van der Waals surface area (Å²) in [5.74, 6) is 0.684. The third-order valence-corrected chi connectivity index (χ3v) is 5.91. The van der Waals surface area contributed by atoms with Crippen LogP contribution >= 0.6 is 0 Å². The van der Waals surface area contributed by atoms with E-state index in [0.29, 0.717) is 18.0 Å². The number of aromatic nitrogens is 5. The van der Waals surface area contributed by atoms with Gasteiger partial charge in [-0.05, 0) is 70.1 Å². The zero-order valence-electron chi connectivity index (χ0n) is 16.8. The van der Waals surface area contributed by atoms with E-state index in [-0.39, 0.29) is 0 Å². The van der Waals surface area contributed by atoms with Crippen LogP contribution in [0.2, 0.25) is 0 Å². The minimum atomic E-state index is 0.438. The van der Waals surface area contributed by atoms with Gasteiger partial charge in [0.1, 0.15) is 0 Å². The highest BCUT2D eigenvalue weighted by Crippen LogP contribution is 2.26. The van der Waals surface area contributed by atoms with Crippen LogP contribution in [0.25, 0.3) is 27.8 Å². The Morgan fingerprint density at radius 1 is 1.00 bits per heavy atom. The van der Waals surface area contributed by atoms with Gasteiger partial charge in [0.2, 0.25) is 5.95 Å². The molecule has 1 aliphatic rings. The molecule has 148 valence electrons. The van der Waals surface area contributed by atoms with Crippen molar-refractivity contribution in [2.45, 2.75) is 37.8 Å². The van der Waals surface area contributed by atoms with E-state index in [1.165, 1.54) is 12.8 Å². The molecule has 1 N–H and O–H groups in total. The van der Waals surface area contributed by atoms with E-state index in [2.05, 4.69) is 39.4 Å². The fourth-order valence-electron chi connectivity index (χ4n) is 4.21. The van der Waals surface area contributed by atoms with Crippen molar-refractivity contribution in [3.63, 3.8) is 0 Å². The Morgan fingerprint density at radius 3 is 2.69 bits per heavy atom. The Hall–Kier alpha value is -3.06. The quantitative estimate of drug-likeness (QED) is 0.577. The Labute approximate surface area is 169 Å². The van der Waals surface area contributed by atoms with Crippen molar-refractivity contribution in [2.24, 2.45) is 0 Å². The summed E-state index contributed by atoms with van der Waals surface area (Å²) >= 11 is 0. The van der Waals surface area contributed by atoms with Gasteiger partial charge in [0.05, 0.1) is 28.4 Å². The lowest BCUT2D eigenvalue weighted by molar-refractivity contribution is 0.221. The van der Waals surface area contributed by atoms with Gasteiger partial charge in [-0.3, -0.25) is 4.98 Å². The standard InChI is InChI=1S/C22H25N7/c1-28(2)16-7-5-15(6-8-16)25-22-24-14-21-17(11-13-29(21)27-22)18-9-10-19-20(26-18)4-3-12-23-19/h3-4,9-16H,5-8H2,1-2H3,(H,25,27)/t15-,16+. The molecule has 0 radical (unpaired) electrons. The second-order valence-electron chi connectivity index (χ2n) is 7.99. The first-order valence-electron chi connectivity index (χ1n) is 10.2. The number of fused-ring (bicyclic) bond motifs is 2. The van der Waals surface area contributed by atoms with Crippen LogP contribution in [0, 0.1) is 0 Å². The molecular weight excluding hydrogens is 362 g/mol. The Morgan fingerprint density at radius 2 is 1.86 bits per heavy atom. The summed E-state index contributed by atoms with van der Waals surface area (Å²) in [5, 5.41) is 8.20. The first-order chi connectivity index (χ1) is 14.2. The molecule has 1 aliphatic carbocycles. The molecule has 5 rings (SSSR count). The molecule has 0 atom stereocenters. The lowest BCUT2D eigenvalue weighted by Crippen LogP contribution is -2.36.